The predicted molar refractivity (Wildman–Crippen MR) is 102 cm³/mol. The Balaban J connectivity index is 1.54. The number of carbonyl (C=O) groups excluding carboxylic acids is 1. The Bertz CT molecular complexity index is 639. The maximum absolute atomic E-state index is 12.2. The van der Waals surface area contributed by atoms with E-state index in [0.717, 1.165) is 12.8 Å². The fraction of sp³-hybridized carbons (Fsp3) is 0.632. The van der Waals surface area contributed by atoms with Crippen molar-refractivity contribution in [3.63, 3.8) is 0 Å². The molecule has 150 valence electrons. The van der Waals surface area contributed by atoms with Crippen molar-refractivity contribution in [2.24, 2.45) is 0 Å². The normalized spacial score (nSPS) is 28.7. The van der Waals surface area contributed by atoms with Crippen molar-refractivity contribution in [2.45, 2.75) is 64.0 Å². The minimum Gasteiger partial charge on any atom is -0.373 e. The van der Waals surface area contributed by atoms with E-state index in [4.69, 9.17) is 30.5 Å². The van der Waals surface area contributed by atoms with Gasteiger partial charge in [-0.2, -0.15) is 0 Å². The van der Waals surface area contributed by atoms with Gasteiger partial charge in [0.05, 0.1) is 0 Å². The van der Waals surface area contributed by atoms with E-state index in [1.165, 1.54) is 0 Å². The monoisotopic (exact) mass is 398 g/mol. The molecule has 2 saturated heterocycles. The summed E-state index contributed by atoms with van der Waals surface area (Å²) in [4.78, 5) is 12.2. The van der Waals surface area contributed by atoms with E-state index in [-0.39, 0.29) is 30.9 Å². The Labute approximate surface area is 164 Å². The van der Waals surface area contributed by atoms with Crippen molar-refractivity contribution in [3.05, 3.63) is 29.3 Å². The highest BCUT2D eigenvalue weighted by molar-refractivity contribution is 6.30. The van der Waals surface area contributed by atoms with Gasteiger partial charge in [0.1, 0.15) is 18.3 Å². The molecule has 2 aliphatic heterocycles. The van der Waals surface area contributed by atoms with Crippen molar-refractivity contribution in [3.8, 4) is 0 Å². The highest BCUT2D eigenvalue weighted by atomic mass is 35.5. The van der Waals surface area contributed by atoms with Crippen LogP contribution in [0, 0.1) is 0 Å². The number of hydrogen-bond acceptors (Lipinski definition) is 5. The number of benzene rings is 1. The summed E-state index contributed by atoms with van der Waals surface area (Å²) in [5.41, 5.74) is 0.658. The zero-order chi connectivity index (χ0) is 19.4. The van der Waals surface area contributed by atoms with Gasteiger partial charge in [0, 0.05) is 23.9 Å². The number of unbranched alkanes of at least 4 members (excludes halogenated alkanes) is 1. The zero-order valence-corrected chi connectivity index (χ0v) is 16.6. The van der Waals surface area contributed by atoms with E-state index >= 15 is 0 Å². The number of rotatable bonds is 7. The maximum Gasteiger partial charge on any atom is 0.319 e. The lowest BCUT2D eigenvalue weighted by atomic mass is 10.1. The lowest BCUT2D eigenvalue weighted by Crippen LogP contribution is -2.44. The summed E-state index contributed by atoms with van der Waals surface area (Å²) >= 11 is 5.85. The third-order valence-corrected chi connectivity index (χ3v) is 4.71. The van der Waals surface area contributed by atoms with E-state index in [0.29, 0.717) is 17.3 Å². The van der Waals surface area contributed by atoms with Crippen LogP contribution in [-0.2, 0) is 18.9 Å². The summed E-state index contributed by atoms with van der Waals surface area (Å²) in [5, 5.41) is 6.19. The first-order chi connectivity index (χ1) is 12.9. The molecular weight excluding hydrogens is 372 g/mol. The highest BCUT2D eigenvalue weighted by Crippen LogP contribution is 2.38. The van der Waals surface area contributed by atoms with Crippen LogP contribution in [0.1, 0.15) is 33.6 Å². The average Bonchev–Trinajstić information content (AvgIpc) is 3.07. The molecule has 2 fully saturated rings. The Morgan fingerprint density at radius 3 is 2.70 bits per heavy atom. The van der Waals surface area contributed by atoms with Crippen LogP contribution in [0.3, 0.4) is 0 Å². The minimum absolute atomic E-state index is 0.288. The topological polar surface area (TPSA) is 78.1 Å². The first-order valence-corrected chi connectivity index (χ1v) is 9.69. The van der Waals surface area contributed by atoms with Crippen molar-refractivity contribution in [2.75, 3.05) is 18.5 Å². The van der Waals surface area contributed by atoms with Crippen molar-refractivity contribution in [1.29, 1.82) is 0 Å². The average molecular weight is 399 g/mol. The molecule has 2 amide bonds. The summed E-state index contributed by atoms with van der Waals surface area (Å²) < 4.78 is 23.7. The fourth-order valence-electron chi connectivity index (χ4n) is 3.18. The largest absolute Gasteiger partial charge is 0.373 e. The predicted octanol–water partition coefficient (Wildman–Crippen LogP) is 3.52. The summed E-state index contributed by atoms with van der Waals surface area (Å²) in [6.07, 6.45) is 0.565. The molecule has 0 aromatic heterocycles. The number of carbonyl (C=O) groups is 1. The van der Waals surface area contributed by atoms with E-state index in [1.807, 2.05) is 13.8 Å². The van der Waals surface area contributed by atoms with Crippen molar-refractivity contribution >= 4 is 23.3 Å². The molecule has 27 heavy (non-hydrogen) atoms. The Morgan fingerprint density at radius 1 is 1.26 bits per heavy atom. The Kier molecular flexibility index (Phi) is 6.60. The van der Waals surface area contributed by atoms with Crippen molar-refractivity contribution < 1.29 is 23.7 Å². The van der Waals surface area contributed by atoms with E-state index in [2.05, 4.69) is 17.6 Å². The number of nitrogens with one attached hydrogen (secondary N) is 2. The van der Waals surface area contributed by atoms with Crippen LogP contribution in [0.25, 0.3) is 0 Å². The second-order valence-electron chi connectivity index (χ2n) is 7.17. The van der Waals surface area contributed by atoms with Crippen LogP contribution in [0.5, 0.6) is 0 Å². The number of ether oxygens (including phenoxy) is 4. The molecule has 1 aromatic carbocycles. The van der Waals surface area contributed by atoms with Gasteiger partial charge in [-0.25, -0.2) is 4.79 Å². The minimum atomic E-state index is -0.702. The first-order valence-electron chi connectivity index (χ1n) is 9.31. The molecule has 7 nitrogen and oxygen atoms in total. The third-order valence-electron chi connectivity index (χ3n) is 4.46. The number of anilines is 1. The quantitative estimate of drug-likeness (QED) is 0.687. The second-order valence-corrected chi connectivity index (χ2v) is 7.61. The molecule has 0 unspecified atom stereocenters. The molecule has 1 aromatic rings. The molecule has 0 saturated carbocycles. The molecule has 2 aliphatic rings. The summed E-state index contributed by atoms with van der Waals surface area (Å²) in [6, 6.07) is 6.57. The third kappa shape index (κ3) is 5.33. The van der Waals surface area contributed by atoms with Crippen molar-refractivity contribution in [1.82, 2.24) is 5.32 Å². The van der Waals surface area contributed by atoms with Gasteiger partial charge in [-0.1, -0.05) is 24.9 Å². The van der Waals surface area contributed by atoms with E-state index < -0.39 is 12.1 Å². The highest BCUT2D eigenvalue weighted by Gasteiger charge is 2.55. The van der Waals surface area contributed by atoms with Gasteiger partial charge in [0.2, 0.25) is 0 Å². The van der Waals surface area contributed by atoms with Gasteiger partial charge in [-0.05, 0) is 44.5 Å². The molecule has 4 atom stereocenters. The molecule has 2 N–H and O–H groups in total. The molecule has 0 aliphatic carbocycles. The number of halogens is 1. The second kappa shape index (κ2) is 8.75. The number of fused-ring (bicyclic) bond motifs is 1. The molecule has 8 heteroatoms. The first kappa shape index (κ1) is 20.4. The van der Waals surface area contributed by atoms with Crippen LogP contribution >= 0.6 is 11.6 Å². The molecular formula is C19H27ClN2O5. The Morgan fingerprint density at radius 2 is 2.00 bits per heavy atom. The van der Waals surface area contributed by atoms with Gasteiger partial charge in [-0.3, -0.25) is 0 Å². The fourth-order valence-corrected chi connectivity index (χ4v) is 3.30. The van der Waals surface area contributed by atoms with Crippen LogP contribution < -0.4 is 10.6 Å². The lowest BCUT2D eigenvalue weighted by molar-refractivity contribution is -0.217. The van der Waals surface area contributed by atoms with Gasteiger partial charge >= 0.3 is 6.03 Å². The van der Waals surface area contributed by atoms with Crippen LogP contribution in [0.2, 0.25) is 5.02 Å². The van der Waals surface area contributed by atoms with Crippen LogP contribution in [0.15, 0.2) is 24.3 Å². The number of hydrogen-bond donors (Lipinski definition) is 2. The molecule has 0 spiro atoms. The summed E-state index contributed by atoms with van der Waals surface area (Å²) in [6.45, 7) is 6.71. The Hall–Kier alpha value is -1.38. The van der Waals surface area contributed by atoms with E-state index in [1.54, 1.807) is 24.3 Å². The maximum atomic E-state index is 12.2. The lowest BCUT2D eigenvalue weighted by Gasteiger charge is -2.26. The van der Waals surface area contributed by atoms with Crippen LogP contribution in [0.4, 0.5) is 10.5 Å². The molecule has 0 radical (unpaired) electrons. The number of urea groups is 1. The summed E-state index contributed by atoms with van der Waals surface area (Å²) in [5.74, 6) is -0.702. The van der Waals surface area contributed by atoms with E-state index in [9.17, 15) is 4.79 Å². The number of amides is 2. The standard InChI is InChI=1S/C19H27ClN2O5/c1-4-5-10-24-15-14(25-17-16(15)26-19(2,3)27-17)11-21-18(23)22-13-8-6-12(20)7-9-13/h6-9,14-17H,4-5,10-11H2,1-3H3,(H2,21,22,23)/t14-,15-,16+,17+/m0/s1. The van der Waals surface area contributed by atoms with Gasteiger partial charge < -0.3 is 29.6 Å². The van der Waals surface area contributed by atoms with Gasteiger partial charge in [0.15, 0.2) is 12.1 Å². The molecule has 0 bridgehead atoms. The molecule has 2 heterocycles. The summed E-state index contributed by atoms with van der Waals surface area (Å²) in [7, 11) is 0. The zero-order valence-electron chi connectivity index (χ0n) is 15.9. The smallest absolute Gasteiger partial charge is 0.319 e. The van der Waals surface area contributed by atoms with Crippen LogP contribution in [-0.4, -0.2) is 49.6 Å². The van der Waals surface area contributed by atoms with Gasteiger partial charge in [0.25, 0.3) is 0 Å². The van der Waals surface area contributed by atoms with Gasteiger partial charge in [-0.15, -0.1) is 0 Å². The SMILES string of the molecule is CCCCO[C@@H]1[C@H]2OC(C)(C)O[C@H]2O[C@H]1CNC(=O)Nc1ccc(Cl)cc1. The molecule has 3 rings (SSSR count).